The summed E-state index contributed by atoms with van der Waals surface area (Å²) < 4.78 is 1.85. The number of aryl methyl sites for hydroxylation is 1. The van der Waals surface area contributed by atoms with Crippen LogP contribution in [0, 0.1) is 6.92 Å². The van der Waals surface area contributed by atoms with Gasteiger partial charge in [0.25, 0.3) is 0 Å². The maximum Gasteiger partial charge on any atom is 0.154 e. The van der Waals surface area contributed by atoms with Crippen molar-refractivity contribution in [1.29, 1.82) is 0 Å². The van der Waals surface area contributed by atoms with Crippen LogP contribution in [-0.4, -0.2) is 38.9 Å². The second-order valence-corrected chi connectivity index (χ2v) is 4.73. The van der Waals surface area contributed by atoms with Crippen molar-refractivity contribution in [1.82, 2.24) is 14.6 Å². The number of aromatic nitrogens is 3. The molecule has 0 fully saturated rings. The van der Waals surface area contributed by atoms with Crippen LogP contribution in [0.5, 0.6) is 0 Å². The number of fused-ring (bicyclic) bond motifs is 1. The number of aliphatic hydroxyl groups is 1. The van der Waals surface area contributed by atoms with Gasteiger partial charge in [-0.15, -0.1) is 0 Å². The molecular formula is C13H20N4O. The topological polar surface area (TPSA) is 53.7 Å². The van der Waals surface area contributed by atoms with Crippen molar-refractivity contribution < 1.29 is 5.11 Å². The molecule has 2 aromatic heterocycles. The molecule has 5 heteroatoms. The smallest absolute Gasteiger partial charge is 0.154 e. The van der Waals surface area contributed by atoms with E-state index in [1.165, 1.54) is 0 Å². The van der Waals surface area contributed by atoms with Gasteiger partial charge >= 0.3 is 0 Å². The quantitative estimate of drug-likeness (QED) is 0.874. The standard InChI is InChI=1S/C13H20N4O/c1-10(2)16(6-4-8-18)13-12-9-11(3)15-17(12)7-5-14-13/h5,7,9-10,18H,4,6,8H2,1-3H3. The van der Waals surface area contributed by atoms with Crippen LogP contribution in [0.1, 0.15) is 26.0 Å². The molecule has 98 valence electrons. The van der Waals surface area contributed by atoms with E-state index < -0.39 is 0 Å². The van der Waals surface area contributed by atoms with Gasteiger partial charge in [0.15, 0.2) is 5.82 Å². The van der Waals surface area contributed by atoms with Gasteiger partial charge in [0, 0.05) is 31.6 Å². The SMILES string of the molecule is Cc1cc2c(N(CCCO)C(C)C)nccn2n1. The monoisotopic (exact) mass is 248 g/mol. The highest BCUT2D eigenvalue weighted by atomic mass is 16.3. The van der Waals surface area contributed by atoms with E-state index in [9.17, 15) is 0 Å². The Morgan fingerprint density at radius 2 is 2.22 bits per heavy atom. The average molecular weight is 248 g/mol. The lowest BCUT2D eigenvalue weighted by Crippen LogP contribution is -2.33. The van der Waals surface area contributed by atoms with E-state index in [0.717, 1.165) is 30.0 Å². The van der Waals surface area contributed by atoms with Gasteiger partial charge in [0.2, 0.25) is 0 Å². The summed E-state index contributed by atoms with van der Waals surface area (Å²) >= 11 is 0. The van der Waals surface area contributed by atoms with Crippen molar-refractivity contribution in [3.63, 3.8) is 0 Å². The fourth-order valence-corrected chi connectivity index (χ4v) is 2.10. The molecular weight excluding hydrogens is 228 g/mol. The van der Waals surface area contributed by atoms with Gasteiger partial charge in [-0.3, -0.25) is 0 Å². The molecule has 2 rings (SSSR count). The molecule has 0 saturated carbocycles. The zero-order valence-electron chi connectivity index (χ0n) is 11.2. The normalized spacial score (nSPS) is 11.4. The maximum atomic E-state index is 9.00. The first-order valence-corrected chi connectivity index (χ1v) is 6.32. The van der Waals surface area contributed by atoms with Crippen LogP contribution in [0.4, 0.5) is 5.82 Å². The Bertz CT molecular complexity index is 521. The molecule has 0 spiro atoms. The minimum atomic E-state index is 0.199. The lowest BCUT2D eigenvalue weighted by molar-refractivity contribution is 0.288. The number of anilines is 1. The first-order chi connectivity index (χ1) is 8.63. The molecule has 0 atom stereocenters. The van der Waals surface area contributed by atoms with Crippen molar-refractivity contribution in [3.05, 3.63) is 24.2 Å². The molecule has 0 aliphatic carbocycles. The maximum absolute atomic E-state index is 9.00. The first kappa shape index (κ1) is 12.8. The van der Waals surface area contributed by atoms with Crippen LogP contribution < -0.4 is 4.90 Å². The number of aliphatic hydroxyl groups excluding tert-OH is 1. The van der Waals surface area contributed by atoms with E-state index in [0.29, 0.717) is 6.04 Å². The summed E-state index contributed by atoms with van der Waals surface area (Å²) in [5.74, 6) is 0.932. The van der Waals surface area contributed by atoms with E-state index in [1.807, 2.05) is 23.7 Å². The van der Waals surface area contributed by atoms with E-state index in [4.69, 9.17) is 5.11 Å². The van der Waals surface area contributed by atoms with Gasteiger partial charge in [0.1, 0.15) is 5.52 Å². The van der Waals surface area contributed by atoms with Gasteiger partial charge < -0.3 is 10.0 Å². The highest BCUT2D eigenvalue weighted by Crippen LogP contribution is 2.21. The van der Waals surface area contributed by atoms with Gasteiger partial charge in [-0.05, 0) is 33.3 Å². The number of hydrogen-bond donors (Lipinski definition) is 1. The van der Waals surface area contributed by atoms with Gasteiger partial charge in [-0.2, -0.15) is 5.10 Å². The summed E-state index contributed by atoms with van der Waals surface area (Å²) in [5, 5.41) is 13.4. The predicted octanol–water partition coefficient (Wildman–Crippen LogP) is 1.63. The molecule has 0 aromatic carbocycles. The highest BCUT2D eigenvalue weighted by molar-refractivity contribution is 5.69. The fourth-order valence-electron chi connectivity index (χ4n) is 2.10. The lowest BCUT2D eigenvalue weighted by atomic mass is 10.2. The average Bonchev–Trinajstić information content (AvgIpc) is 2.70. The van der Waals surface area contributed by atoms with Crippen molar-refractivity contribution in [3.8, 4) is 0 Å². The third-order valence-corrected chi connectivity index (χ3v) is 2.94. The second kappa shape index (κ2) is 5.35. The van der Waals surface area contributed by atoms with Crippen molar-refractivity contribution in [2.75, 3.05) is 18.1 Å². The van der Waals surface area contributed by atoms with Crippen molar-refractivity contribution in [2.24, 2.45) is 0 Å². The van der Waals surface area contributed by atoms with Crippen LogP contribution in [0.25, 0.3) is 5.52 Å². The number of hydrogen-bond acceptors (Lipinski definition) is 4. The summed E-state index contributed by atoms with van der Waals surface area (Å²) in [6.07, 6.45) is 4.37. The van der Waals surface area contributed by atoms with Crippen LogP contribution >= 0.6 is 0 Å². The Labute approximate surface area is 107 Å². The molecule has 1 N–H and O–H groups in total. The molecule has 2 aromatic rings. The molecule has 0 unspecified atom stereocenters. The zero-order chi connectivity index (χ0) is 13.1. The molecule has 0 amide bonds. The minimum absolute atomic E-state index is 0.199. The van der Waals surface area contributed by atoms with Crippen molar-refractivity contribution >= 4 is 11.3 Å². The van der Waals surface area contributed by atoms with E-state index >= 15 is 0 Å². The summed E-state index contributed by atoms with van der Waals surface area (Å²) in [6.45, 7) is 7.23. The molecule has 5 nitrogen and oxygen atoms in total. The summed E-state index contributed by atoms with van der Waals surface area (Å²) in [7, 11) is 0. The zero-order valence-corrected chi connectivity index (χ0v) is 11.2. The molecule has 18 heavy (non-hydrogen) atoms. The molecule has 2 heterocycles. The summed E-state index contributed by atoms with van der Waals surface area (Å²) in [6, 6.07) is 2.38. The molecule has 0 bridgehead atoms. The Kier molecular flexibility index (Phi) is 3.81. The lowest BCUT2D eigenvalue weighted by Gasteiger charge is -2.28. The number of nitrogens with zero attached hydrogens (tertiary/aromatic N) is 4. The van der Waals surface area contributed by atoms with E-state index in [1.54, 1.807) is 6.20 Å². The van der Waals surface area contributed by atoms with E-state index in [2.05, 4.69) is 28.8 Å². The summed E-state index contributed by atoms with van der Waals surface area (Å²) in [4.78, 5) is 6.68. The van der Waals surface area contributed by atoms with Crippen LogP contribution in [0.3, 0.4) is 0 Å². The molecule has 0 aliphatic heterocycles. The van der Waals surface area contributed by atoms with Gasteiger partial charge in [-0.1, -0.05) is 0 Å². The molecule has 0 aliphatic rings. The van der Waals surface area contributed by atoms with Gasteiger partial charge in [0.05, 0.1) is 5.69 Å². The van der Waals surface area contributed by atoms with Crippen molar-refractivity contribution in [2.45, 2.75) is 33.2 Å². The molecule has 0 saturated heterocycles. The fraction of sp³-hybridized carbons (Fsp3) is 0.538. The Balaban J connectivity index is 2.42. The van der Waals surface area contributed by atoms with Gasteiger partial charge in [-0.25, -0.2) is 9.50 Å². The minimum Gasteiger partial charge on any atom is -0.396 e. The third kappa shape index (κ3) is 2.46. The Morgan fingerprint density at radius 3 is 2.89 bits per heavy atom. The Morgan fingerprint density at radius 1 is 1.44 bits per heavy atom. The number of rotatable bonds is 5. The summed E-state index contributed by atoms with van der Waals surface area (Å²) in [5.41, 5.74) is 2.00. The molecule has 0 radical (unpaired) electrons. The third-order valence-electron chi connectivity index (χ3n) is 2.94. The van der Waals surface area contributed by atoms with Crippen LogP contribution in [0.15, 0.2) is 18.5 Å². The second-order valence-electron chi connectivity index (χ2n) is 4.73. The van der Waals surface area contributed by atoms with E-state index in [-0.39, 0.29) is 6.61 Å². The largest absolute Gasteiger partial charge is 0.396 e. The Hall–Kier alpha value is -1.62. The first-order valence-electron chi connectivity index (χ1n) is 6.32. The predicted molar refractivity (Wildman–Crippen MR) is 71.9 cm³/mol. The van der Waals surface area contributed by atoms with Crippen LogP contribution in [-0.2, 0) is 0 Å². The highest BCUT2D eigenvalue weighted by Gasteiger charge is 2.15. The van der Waals surface area contributed by atoms with Crippen LogP contribution in [0.2, 0.25) is 0 Å².